The van der Waals surface area contributed by atoms with E-state index in [-0.39, 0.29) is 11.6 Å². The Balaban J connectivity index is 1.72. The van der Waals surface area contributed by atoms with Gasteiger partial charge in [-0.25, -0.2) is 0 Å². The highest BCUT2D eigenvalue weighted by Crippen LogP contribution is 2.37. The van der Waals surface area contributed by atoms with Crippen LogP contribution in [0, 0.1) is 5.92 Å². The van der Waals surface area contributed by atoms with Gasteiger partial charge in [-0.15, -0.1) is 0 Å². The van der Waals surface area contributed by atoms with Crippen molar-refractivity contribution in [3.05, 3.63) is 29.3 Å². The zero-order valence-electron chi connectivity index (χ0n) is 12.1. The molecule has 1 heterocycles. The molecule has 104 valence electrons. The van der Waals surface area contributed by atoms with Gasteiger partial charge in [-0.1, -0.05) is 37.8 Å². The number of rotatable bonds is 3. The van der Waals surface area contributed by atoms with Crippen molar-refractivity contribution < 1.29 is 4.74 Å². The standard InChI is InChI=1S/C17H25NO/c1-17(2)11-14-10-13(7-8-16(14)19-17)15(18)9-12-5-3-4-6-12/h7-8,10,12,15H,3-6,9,11,18H2,1-2H3. The van der Waals surface area contributed by atoms with Crippen LogP contribution in [-0.2, 0) is 6.42 Å². The lowest BCUT2D eigenvalue weighted by atomic mass is 9.92. The van der Waals surface area contributed by atoms with E-state index < -0.39 is 0 Å². The molecule has 2 aliphatic rings. The third kappa shape index (κ3) is 2.79. The molecule has 1 aliphatic carbocycles. The Labute approximate surface area is 116 Å². The normalized spacial score (nSPS) is 23.1. The molecule has 0 spiro atoms. The highest BCUT2D eigenvalue weighted by molar-refractivity contribution is 5.42. The van der Waals surface area contributed by atoms with E-state index in [1.54, 1.807) is 0 Å². The maximum Gasteiger partial charge on any atom is 0.123 e. The van der Waals surface area contributed by atoms with Crippen molar-refractivity contribution in [3.8, 4) is 5.75 Å². The van der Waals surface area contributed by atoms with Gasteiger partial charge in [0, 0.05) is 12.5 Å². The Morgan fingerprint density at radius 1 is 1.32 bits per heavy atom. The predicted molar refractivity (Wildman–Crippen MR) is 78.4 cm³/mol. The van der Waals surface area contributed by atoms with Gasteiger partial charge < -0.3 is 10.5 Å². The summed E-state index contributed by atoms with van der Waals surface area (Å²) >= 11 is 0. The van der Waals surface area contributed by atoms with E-state index in [9.17, 15) is 0 Å². The first-order valence-corrected chi connectivity index (χ1v) is 7.61. The van der Waals surface area contributed by atoms with Crippen LogP contribution in [0.4, 0.5) is 0 Å². The number of hydrogen-bond donors (Lipinski definition) is 1. The minimum Gasteiger partial charge on any atom is -0.487 e. The van der Waals surface area contributed by atoms with Crippen molar-refractivity contribution in [2.45, 2.75) is 64.0 Å². The van der Waals surface area contributed by atoms with Gasteiger partial charge in [0.15, 0.2) is 0 Å². The van der Waals surface area contributed by atoms with E-state index in [2.05, 4.69) is 32.0 Å². The lowest BCUT2D eigenvalue weighted by Gasteiger charge is -2.17. The summed E-state index contributed by atoms with van der Waals surface area (Å²) in [5.41, 5.74) is 8.94. The molecule has 0 amide bonds. The summed E-state index contributed by atoms with van der Waals surface area (Å²) in [6, 6.07) is 6.72. The van der Waals surface area contributed by atoms with Crippen molar-refractivity contribution in [2.75, 3.05) is 0 Å². The highest BCUT2D eigenvalue weighted by Gasteiger charge is 2.30. The van der Waals surface area contributed by atoms with E-state index in [1.807, 2.05) is 0 Å². The second kappa shape index (κ2) is 4.82. The maximum absolute atomic E-state index is 6.40. The van der Waals surface area contributed by atoms with Gasteiger partial charge in [-0.05, 0) is 43.4 Å². The van der Waals surface area contributed by atoms with E-state index in [4.69, 9.17) is 10.5 Å². The molecule has 1 unspecified atom stereocenters. The fourth-order valence-electron chi connectivity index (χ4n) is 3.60. The smallest absolute Gasteiger partial charge is 0.123 e. The van der Waals surface area contributed by atoms with Crippen LogP contribution in [0.5, 0.6) is 5.75 Å². The number of hydrogen-bond acceptors (Lipinski definition) is 2. The van der Waals surface area contributed by atoms with Crippen LogP contribution in [0.25, 0.3) is 0 Å². The average Bonchev–Trinajstić information content (AvgIpc) is 2.93. The minimum atomic E-state index is -0.0590. The number of fused-ring (bicyclic) bond motifs is 1. The van der Waals surface area contributed by atoms with Crippen LogP contribution in [0.2, 0.25) is 0 Å². The summed E-state index contributed by atoms with van der Waals surface area (Å²) in [4.78, 5) is 0. The molecule has 3 rings (SSSR count). The SMILES string of the molecule is CC1(C)Cc2cc(C(N)CC3CCCC3)ccc2O1. The fourth-order valence-corrected chi connectivity index (χ4v) is 3.60. The quantitative estimate of drug-likeness (QED) is 0.891. The summed E-state index contributed by atoms with van der Waals surface area (Å²) in [6.45, 7) is 4.29. The molecular formula is C17H25NO. The Kier molecular flexibility index (Phi) is 3.30. The van der Waals surface area contributed by atoms with Crippen LogP contribution >= 0.6 is 0 Å². The molecule has 2 nitrogen and oxygen atoms in total. The lowest BCUT2D eigenvalue weighted by molar-refractivity contribution is 0.138. The summed E-state index contributed by atoms with van der Waals surface area (Å²) in [5.74, 6) is 1.89. The molecule has 1 saturated carbocycles. The lowest BCUT2D eigenvalue weighted by Crippen LogP contribution is -2.24. The molecule has 1 aromatic carbocycles. The van der Waals surface area contributed by atoms with Crippen molar-refractivity contribution in [1.29, 1.82) is 0 Å². The number of ether oxygens (including phenoxy) is 1. The minimum absolute atomic E-state index is 0.0590. The number of nitrogens with two attached hydrogens (primary N) is 1. The molecule has 2 heteroatoms. The van der Waals surface area contributed by atoms with E-state index in [1.165, 1.54) is 36.8 Å². The zero-order chi connectivity index (χ0) is 13.5. The van der Waals surface area contributed by atoms with Crippen LogP contribution in [0.3, 0.4) is 0 Å². The van der Waals surface area contributed by atoms with Gasteiger partial charge in [-0.3, -0.25) is 0 Å². The van der Waals surface area contributed by atoms with Crippen molar-refractivity contribution in [2.24, 2.45) is 11.7 Å². The molecule has 1 atom stereocenters. The summed E-state index contributed by atoms with van der Waals surface area (Å²) in [5, 5.41) is 0. The topological polar surface area (TPSA) is 35.2 Å². The van der Waals surface area contributed by atoms with Crippen molar-refractivity contribution in [1.82, 2.24) is 0 Å². The predicted octanol–water partition coefficient (Wildman–Crippen LogP) is 3.98. The Bertz CT molecular complexity index is 460. The van der Waals surface area contributed by atoms with Gasteiger partial charge in [0.1, 0.15) is 11.4 Å². The Morgan fingerprint density at radius 3 is 2.79 bits per heavy atom. The molecule has 1 aliphatic heterocycles. The van der Waals surface area contributed by atoms with Gasteiger partial charge in [0.2, 0.25) is 0 Å². The first-order valence-electron chi connectivity index (χ1n) is 7.61. The van der Waals surface area contributed by atoms with Gasteiger partial charge in [0.05, 0.1) is 0 Å². The molecule has 1 aromatic rings. The van der Waals surface area contributed by atoms with E-state index >= 15 is 0 Å². The second-order valence-corrected chi connectivity index (χ2v) is 6.90. The summed E-state index contributed by atoms with van der Waals surface area (Å²) < 4.78 is 5.92. The van der Waals surface area contributed by atoms with Gasteiger partial charge in [0.25, 0.3) is 0 Å². The maximum atomic E-state index is 6.40. The van der Waals surface area contributed by atoms with Crippen LogP contribution in [0.1, 0.15) is 63.1 Å². The highest BCUT2D eigenvalue weighted by atomic mass is 16.5. The second-order valence-electron chi connectivity index (χ2n) is 6.90. The molecule has 2 N–H and O–H groups in total. The molecular weight excluding hydrogens is 234 g/mol. The van der Waals surface area contributed by atoms with Gasteiger partial charge >= 0.3 is 0 Å². The fraction of sp³-hybridized carbons (Fsp3) is 0.647. The molecule has 0 radical (unpaired) electrons. The van der Waals surface area contributed by atoms with Gasteiger partial charge in [-0.2, -0.15) is 0 Å². The first-order chi connectivity index (χ1) is 9.03. The summed E-state index contributed by atoms with van der Waals surface area (Å²) in [7, 11) is 0. The molecule has 1 fully saturated rings. The number of benzene rings is 1. The van der Waals surface area contributed by atoms with E-state index in [0.717, 1.165) is 24.5 Å². The average molecular weight is 259 g/mol. The Hall–Kier alpha value is -1.02. The Morgan fingerprint density at radius 2 is 2.05 bits per heavy atom. The third-order valence-corrected chi connectivity index (χ3v) is 4.58. The first kappa shape index (κ1) is 13.0. The van der Waals surface area contributed by atoms with Crippen molar-refractivity contribution in [3.63, 3.8) is 0 Å². The molecule has 0 aromatic heterocycles. The van der Waals surface area contributed by atoms with E-state index in [0.29, 0.717) is 0 Å². The molecule has 0 bridgehead atoms. The third-order valence-electron chi connectivity index (χ3n) is 4.58. The van der Waals surface area contributed by atoms with Crippen LogP contribution in [-0.4, -0.2) is 5.60 Å². The van der Waals surface area contributed by atoms with Crippen LogP contribution < -0.4 is 10.5 Å². The molecule has 0 saturated heterocycles. The van der Waals surface area contributed by atoms with Crippen LogP contribution in [0.15, 0.2) is 18.2 Å². The molecule has 19 heavy (non-hydrogen) atoms. The summed E-state index contributed by atoms with van der Waals surface area (Å²) in [6.07, 6.45) is 7.66. The largest absolute Gasteiger partial charge is 0.487 e. The zero-order valence-corrected chi connectivity index (χ0v) is 12.1. The monoisotopic (exact) mass is 259 g/mol. The van der Waals surface area contributed by atoms with Crippen molar-refractivity contribution >= 4 is 0 Å².